The summed E-state index contributed by atoms with van der Waals surface area (Å²) in [6, 6.07) is 8.30. The van der Waals surface area contributed by atoms with E-state index in [9.17, 15) is 4.79 Å². The fraction of sp³-hybridized carbons (Fsp3) is 0. The van der Waals surface area contributed by atoms with Gasteiger partial charge in [-0.2, -0.15) is 0 Å². The number of hydrogen-bond acceptors (Lipinski definition) is 1. The van der Waals surface area contributed by atoms with Crippen molar-refractivity contribution < 1.29 is 42.3 Å². The zero-order valence-electron chi connectivity index (χ0n) is 5.83. The molecule has 0 atom stereocenters. The molecule has 1 radical (unpaired) electrons. The number of carboxylic acid groups (broad SMARTS) is 1. The van der Waals surface area contributed by atoms with Gasteiger partial charge in [0.05, 0.1) is 5.56 Å². The molecule has 1 N–H and O–H groups in total. The Kier molecular flexibility index (Phi) is 7.51. The molecule has 11 heavy (non-hydrogen) atoms. The zero-order valence-corrected chi connectivity index (χ0v) is 11.3. The molecule has 1 aromatic carbocycles. The molecule has 0 aliphatic carbocycles. The monoisotopic (exact) mass is 343 g/mol. The molecule has 55 valence electrons. The van der Waals surface area contributed by atoms with Crippen molar-refractivity contribution >= 4 is 5.97 Å². The van der Waals surface area contributed by atoms with E-state index in [1.165, 1.54) is 0 Å². The van der Waals surface area contributed by atoms with Gasteiger partial charge in [-0.3, -0.25) is 0 Å². The summed E-state index contributed by atoms with van der Waals surface area (Å²) >= 11 is 0. The molecule has 1 rings (SSSR count). The minimum Gasteiger partial charge on any atom is -0.478 e. The van der Waals surface area contributed by atoms with Crippen LogP contribution >= 0.6 is 0 Å². The summed E-state index contributed by atoms with van der Waals surface area (Å²) in [4.78, 5) is 10.2. The van der Waals surface area contributed by atoms with Crippen LogP contribution in [0.25, 0.3) is 0 Å². The molecule has 0 aliphatic heterocycles. The van der Waals surface area contributed by atoms with Crippen molar-refractivity contribution in [1.82, 2.24) is 0 Å². The third-order valence-electron chi connectivity index (χ3n) is 1.02. The summed E-state index contributed by atoms with van der Waals surface area (Å²) in [5, 5.41) is 8.38. The molecule has 0 bridgehead atoms. The molecule has 0 aliphatic rings. The first-order valence-electron chi connectivity index (χ1n) is 2.59. The molecule has 2 nitrogen and oxygen atoms in total. The maximum atomic E-state index is 10.2. The third-order valence-corrected chi connectivity index (χ3v) is 1.02. The number of rotatable bonds is 1. The maximum Gasteiger partial charge on any atom is 0.335 e. The average Bonchev–Trinajstić information content (AvgIpc) is 1.90. The quantitative estimate of drug-likeness (QED) is 0.791. The van der Waals surface area contributed by atoms with Crippen LogP contribution in [0.1, 0.15) is 10.4 Å². The minimum absolute atomic E-state index is 0. The first-order valence-corrected chi connectivity index (χ1v) is 2.59. The number of aromatic carboxylic acids is 1. The Morgan fingerprint density at radius 1 is 1.18 bits per heavy atom. The van der Waals surface area contributed by atoms with Gasteiger partial charge in [-0.1, -0.05) is 18.2 Å². The normalized spacial score (nSPS) is 7.27. The number of halogens is 1. The number of benzene rings is 1. The Bertz CT molecular complexity index is 213. The van der Waals surface area contributed by atoms with Gasteiger partial charge >= 0.3 is 5.97 Å². The van der Waals surface area contributed by atoms with Crippen LogP contribution in [0.2, 0.25) is 0 Å². The SMILES string of the molecule is O=C(O)c1ccccc1.[F].[Hg]. The van der Waals surface area contributed by atoms with Gasteiger partial charge in [0, 0.05) is 32.4 Å². The van der Waals surface area contributed by atoms with Crippen LogP contribution in [0, 0.1) is 0 Å². The van der Waals surface area contributed by atoms with Gasteiger partial charge in [0.25, 0.3) is 0 Å². The van der Waals surface area contributed by atoms with Gasteiger partial charge in [0.1, 0.15) is 0 Å². The second kappa shape index (κ2) is 6.28. The Balaban J connectivity index is 0. The fourth-order valence-electron chi connectivity index (χ4n) is 0.581. The van der Waals surface area contributed by atoms with Crippen LogP contribution in [0.3, 0.4) is 0 Å². The molecule has 0 heterocycles. The van der Waals surface area contributed by atoms with Gasteiger partial charge in [0.15, 0.2) is 0 Å². The first kappa shape index (κ1) is 13.2. The molecule has 0 unspecified atom stereocenters. The van der Waals surface area contributed by atoms with Crippen LogP contribution in [0.5, 0.6) is 0 Å². The molecular weight excluding hydrogens is 336 g/mol. The summed E-state index contributed by atoms with van der Waals surface area (Å²) in [5.41, 5.74) is 0.331. The molecule has 0 fully saturated rings. The van der Waals surface area contributed by atoms with E-state index in [1.807, 2.05) is 0 Å². The largest absolute Gasteiger partial charge is 0.478 e. The number of carboxylic acids is 1. The minimum atomic E-state index is -0.879. The Morgan fingerprint density at radius 2 is 1.64 bits per heavy atom. The molecule has 0 amide bonds. The van der Waals surface area contributed by atoms with Gasteiger partial charge in [-0.25, -0.2) is 4.79 Å². The van der Waals surface area contributed by atoms with Crippen molar-refractivity contribution in [1.29, 1.82) is 0 Å². The topological polar surface area (TPSA) is 37.3 Å². The number of hydrogen-bond donors (Lipinski definition) is 1. The smallest absolute Gasteiger partial charge is 0.335 e. The van der Waals surface area contributed by atoms with Crippen LogP contribution in [0.4, 0.5) is 4.70 Å². The van der Waals surface area contributed by atoms with Crippen LogP contribution in [-0.4, -0.2) is 11.1 Å². The summed E-state index contributed by atoms with van der Waals surface area (Å²) < 4.78 is 0. The van der Waals surface area contributed by atoms with E-state index in [0.717, 1.165) is 0 Å². The molecule has 0 spiro atoms. The van der Waals surface area contributed by atoms with Crippen molar-refractivity contribution in [3.63, 3.8) is 0 Å². The Labute approximate surface area is 84.1 Å². The summed E-state index contributed by atoms with van der Waals surface area (Å²) in [6.07, 6.45) is 0. The van der Waals surface area contributed by atoms with Crippen molar-refractivity contribution in [2.75, 3.05) is 0 Å². The summed E-state index contributed by atoms with van der Waals surface area (Å²) in [5.74, 6) is -0.879. The van der Waals surface area contributed by atoms with E-state index in [0.29, 0.717) is 5.56 Å². The molecular formula is C7H6FHgO2. The van der Waals surface area contributed by atoms with Crippen molar-refractivity contribution in [3.8, 4) is 0 Å². The van der Waals surface area contributed by atoms with E-state index >= 15 is 0 Å². The van der Waals surface area contributed by atoms with Crippen LogP contribution in [0.15, 0.2) is 30.3 Å². The van der Waals surface area contributed by atoms with E-state index in [2.05, 4.69) is 0 Å². The predicted molar refractivity (Wildman–Crippen MR) is 34.5 cm³/mol. The fourth-order valence-corrected chi connectivity index (χ4v) is 0.581. The second-order valence-corrected chi connectivity index (χ2v) is 1.67. The van der Waals surface area contributed by atoms with Crippen LogP contribution < -0.4 is 0 Å². The molecule has 4 heteroatoms. The van der Waals surface area contributed by atoms with Gasteiger partial charge in [-0.05, 0) is 12.1 Å². The summed E-state index contributed by atoms with van der Waals surface area (Å²) in [6.45, 7) is 0. The second-order valence-electron chi connectivity index (χ2n) is 1.67. The van der Waals surface area contributed by atoms with Crippen LogP contribution in [-0.2, 0) is 27.7 Å². The van der Waals surface area contributed by atoms with Crippen molar-refractivity contribution in [3.05, 3.63) is 35.9 Å². The standard InChI is InChI=1S/C7H6O2.F.Hg/c8-7(9)6-4-2-1-3-5-6;;/h1-5H,(H,8,9);;. The molecule has 0 saturated carbocycles. The van der Waals surface area contributed by atoms with E-state index in [1.54, 1.807) is 30.3 Å². The average molecular weight is 342 g/mol. The molecule has 1 aromatic rings. The van der Waals surface area contributed by atoms with Crippen molar-refractivity contribution in [2.24, 2.45) is 0 Å². The van der Waals surface area contributed by atoms with E-state index < -0.39 is 5.97 Å². The van der Waals surface area contributed by atoms with Gasteiger partial charge in [0.2, 0.25) is 0 Å². The van der Waals surface area contributed by atoms with Gasteiger partial charge < -0.3 is 5.11 Å². The molecule has 0 aromatic heterocycles. The van der Waals surface area contributed by atoms with Crippen molar-refractivity contribution in [2.45, 2.75) is 0 Å². The predicted octanol–water partition coefficient (Wildman–Crippen LogP) is 1.80. The zero-order chi connectivity index (χ0) is 6.69. The Morgan fingerprint density at radius 3 is 1.91 bits per heavy atom. The Hall–Kier alpha value is -0.445. The third kappa shape index (κ3) is 4.08. The van der Waals surface area contributed by atoms with Gasteiger partial charge in [-0.15, -0.1) is 0 Å². The first-order chi connectivity index (χ1) is 4.30. The van der Waals surface area contributed by atoms with E-state index in [4.69, 9.17) is 5.11 Å². The molecule has 0 saturated heterocycles. The number of carbonyl (C=O) groups is 1. The van der Waals surface area contributed by atoms with E-state index in [-0.39, 0.29) is 32.4 Å². The summed E-state index contributed by atoms with van der Waals surface area (Å²) in [7, 11) is 0. The maximum absolute atomic E-state index is 10.2.